The van der Waals surface area contributed by atoms with E-state index >= 15 is 0 Å². The first-order valence-electron chi connectivity index (χ1n) is 8.18. The number of guanidine groups is 1. The Balaban J connectivity index is 1.70. The molecule has 0 unspecified atom stereocenters. The van der Waals surface area contributed by atoms with Gasteiger partial charge in [0, 0.05) is 31.7 Å². The van der Waals surface area contributed by atoms with Crippen molar-refractivity contribution in [2.45, 2.75) is 19.8 Å². The topological polar surface area (TPSA) is 108 Å². The first-order valence-corrected chi connectivity index (χ1v) is 8.18. The van der Waals surface area contributed by atoms with Crippen molar-refractivity contribution in [3.8, 4) is 0 Å². The molecule has 1 saturated carbocycles. The first-order chi connectivity index (χ1) is 11.7. The summed E-state index contributed by atoms with van der Waals surface area (Å²) < 4.78 is 0. The molecule has 2 rings (SSSR count). The molecule has 8 heteroatoms. The summed E-state index contributed by atoms with van der Waals surface area (Å²) in [6.07, 6.45) is 5.21. The number of carbonyl (C=O) groups is 2. The summed E-state index contributed by atoms with van der Waals surface area (Å²) in [6, 6.07) is 3.51. The fraction of sp³-hybridized carbons (Fsp3) is 0.500. The van der Waals surface area contributed by atoms with Crippen LogP contribution in [-0.4, -0.2) is 48.9 Å². The minimum Gasteiger partial charge on any atom is -0.357 e. The second-order valence-corrected chi connectivity index (χ2v) is 5.48. The monoisotopic (exact) mass is 332 g/mol. The van der Waals surface area contributed by atoms with Crippen LogP contribution in [0.15, 0.2) is 29.5 Å². The van der Waals surface area contributed by atoms with E-state index in [1.165, 1.54) is 0 Å². The maximum atomic E-state index is 11.9. The summed E-state index contributed by atoms with van der Waals surface area (Å²) in [6.45, 7) is 3.71. The Hall–Kier alpha value is -2.64. The van der Waals surface area contributed by atoms with Crippen molar-refractivity contribution < 1.29 is 9.59 Å². The van der Waals surface area contributed by atoms with E-state index in [1.807, 2.05) is 6.92 Å². The smallest absolute Gasteiger partial charge is 0.246 e. The van der Waals surface area contributed by atoms with Gasteiger partial charge in [0.05, 0.1) is 11.9 Å². The Kier molecular flexibility index (Phi) is 7.00. The lowest BCUT2D eigenvalue weighted by atomic mass is 10.4. The van der Waals surface area contributed by atoms with Crippen LogP contribution in [0.2, 0.25) is 0 Å². The maximum Gasteiger partial charge on any atom is 0.246 e. The van der Waals surface area contributed by atoms with Crippen LogP contribution in [0.5, 0.6) is 0 Å². The molecule has 0 aromatic carbocycles. The van der Waals surface area contributed by atoms with Crippen LogP contribution in [0.1, 0.15) is 19.8 Å². The zero-order chi connectivity index (χ0) is 17.2. The highest BCUT2D eigenvalue weighted by Gasteiger charge is 2.28. The molecule has 130 valence electrons. The summed E-state index contributed by atoms with van der Waals surface area (Å²) in [5.74, 6) is 0.652. The lowest BCUT2D eigenvalue weighted by molar-refractivity contribution is -0.122. The third-order valence-corrected chi connectivity index (χ3v) is 3.34. The van der Waals surface area contributed by atoms with Crippen LogP contribution < -0.4 is 21.3 Å². The highest BCUT2D eigenvalue weighted by molar-refractivity contribution is 5.93. The van der Waals surface area contributed by atoms with Gasteiger partial charge in [0.25, 0.3) is 0 Å². The molecule has 1 aromatic heterocycles. The molecule has 0 spiro atoms. The van der Waals surface area contributed by atoms with E-state index < -0.39 is 0 Å². The highest BCUT2D eigenvalue weighted by atomic mass is 16.2. The fourth-order valence-electron chi connectivity index (χ4n) is 1.99. The van der Waals surface area contributed by atoms with E-state index in [2.05, 4.69) is 31.2 Å². The van der Waals surface area contributed by atoms with Crippen LogP contribution in [0.3, 0.4) is 0 Å². The molecule has 4 N–H and O–H groups in total. The number of nitrogens with zero attached hydrogens (tertiary/aromatic N) is 2. The summed E-state index contributed by atoms with van der Waals surface area (Å²) in [7, 11) is 0. The summed E-state index contributed by atoms with van der Waals surface area (Å²) in [4.78, 5) is 31.5. The van der Waals surface area contributed by atoms with Crippen LogP contribution >= 0.6 is 0 Å². The van der Waals surface area contributed by atoms with Crippen molar-refractivity contribution in [3.63, 3.8) is 0 Å². The van der Waals surface area contributed by atoms with Crippen molar-refractivity contribution in [2.75, 3.05) is 31.5 Å². The van der Waals surface area contributed by atoms with E-state index in [-0.39, 0.29) is 24.3 Å². The van der Waals surface area contributed by atoms with Gasteiger partial charge < -0.3 is 21.3 Å². The number of amides is 2. The predicted molar refractivity (Wildman–Crippen MR) is 92.6 cm³/mol. The number of carbonyl (C=O) groups excluding carboxylic acids is 2. The fourth-order valence-corrected chi connectivity index (χ4v) is 1.99. The normalized spacial score (nSPS) is 14.0. The third-order valence-electron chi connectivity index (χ3n) is 3.34. The van der Waals surface area contributed by atoms with Gasteiger partial charge >= 0.3 is 0 Å². The summed E-state index contributed by atoms with van der Waals surface area (Å²) >= 11 is 0. The molecule has 24 heavy (non-hydrogen) atoms. The largest absolute Gasteiger partial charge is 0.357 e. The second-order valence-electron chi connectivity index (χ2n) is 5.48. The zero-order valence-electron chi connectivity index (χ0n) is 13.8. The first kappa shape index (κ1) is 17.7. The van der Waals surface area contributed by atoms with Crippen molar-refractivity contribution in [1.29, 1.82) is 0 Å². The Bertz CT molecular complexity index is 571. The quantitative estimate of drug-likeness (QED) is 0.307. The van der Waals surface area contributed by atoms with Gasteiger partial charge in [-0.15, -0.1) is 0 Å². The second kappa shape index (κ2) is 9.49. The van der Waals surface area contributed by atoms with E-state index in [9.17, 15) is 9.59 Å². The Labute approximate surface area is 141 Å². The minimum absolute atomic E-state index is 0.00133. The number of aliphatic imine (C=N–C) groups is 1. The Morgan fingerprint density at radius 3 is 2.71 bits per heavy atom. The van der Waals surface area contributed by atoms with Gasteiger partial charge in [0.2, 0.25) is 11.8 Å². The zero-order valence-corrected chi connectivity index (χ0v) is 13.8. The SMILES string of the molecule is CCNC(=NCC(=O)Nc1cccnc1)NCCNC(=O)C1CC1. The van der Waals surface area contributed by atoms with Crippen molar-refractivity contribution >= 4 is 23.5 Å². The standard InChI is InChI=1S/C16H24N6O2/c1-2-18-16(20-9-8-19-15(24)12-5-6-12)21-11-14(23)22-13-4-3-7-17-10-13/h3-4,7,10,12H,2,5-6,8-9,11H2,1H3,(H,19,24)(H,22,23)(H2,18,20,21). The number of nitrogens with one attached hydrogen (secondary N) is 4. The average Bonchev–Trinajstić information content (AvgIpc) is 3.42. The van der Waals surface area contributed by atoms with Gasteiger partial charge in [-0.2, -0.15) is 0 Å². The van der Waals surface area contributed by atoms with Crippen LogP contribution in [0.25, 0.3) is 0 Å². The number of hydrogen-bond acceptors (Lipinski definition) is 4. The van der Waals surface area contributed by atoms with Gasteiger partial charge in [-0.25, -0.2) is 4.99 Å². The molecule has 1 aliphatic carbocycles. The molecule has 1 fully saturated rings. The summed E-state index contributed by atoms with van der Waals surface area (Å²) in [5.41, 5.74) is 0.637. The van der Waals surface area contributed by atoms with Crippen LogP contribution in [0.4, 0.5) is 5.69 Å². The lowest BCUT2D eigenvalue weighted by Crippen LogP contribution is -2.42. The van der Waals surface area contributed by atoms with E-state index in [0.717, 1.165) is 12.8 Å². The van der Waals surface area contributed by atoms with Gasteiger partial charge in [-0.1, -0.05) is 0 Å². The van der Waals surface area contributed by atoms with Gasteiger partial charge in [0.15, 0.2) is 5.96 Å². The molecule has 1 heterocycles. The molecular formula is C16H24N6O2. The molecule has 8 nitrogen and oxygen atoms in total. The number of pyridine rings is 1. The molecule has 1 aliphatic rings. The van der Waals surface area contributed by atoms with E-state index in [0.29, 0.717) is 31.3 Å². The molecule has 1 aromatic rings. The molecule has 0 aliphatic heterocycles. The van der Waals surface area contributed by atoms with E-state index in [1.54, 1.807) is 24.5 Å². The van der Waals surface area contributed by atoms with Crippen molar-refractivity contribution in [1.82, 2.24) is 20.9 Å². The number of rotatable bonds is 8. The molecule has 2 amide bonds. The number of anilines is 1. The molecule has 0 saturated heterocycles. The van der Waals surface area contributed by atoms with Crippen molar-refractivity contribution in [3.05, 3.63) is 24.5 Å². The van der Waals surface area contributed by atoms with Crippen LogP contribution in [0, 0.1) is 5.92 Å². The summed E-state index contributed by atoms with van der Waals surface area (Å²) in [5, 5.41) is 11.7. The number of aromatic nitrogens is 1. The highest BCUT2D eigenvalue weighted by Crippen LogP contribution is 2.28. The van der Waals surface area contributed by atoms with Crippen LogP contribution in [-0.2, 0) is 9.59 Å². The predicted octanol–water partition coefficient (Wildman–Crippen LogP) is 0.101. The van der Waals surface area contributed by atoms with Gasteiger partial charge in [-0.3, -0.25) is 14.6 Å². The molecular weight excluding hydrogens is 308 g/mol. The Morgan fingerprint density at radius 1 is 1.25 bits per heavy atom. The Morgan fingerprint density at radius 2 is 2.04 bits per heavy atom. The minimum atomic E-state index is -0.220. The van der Waals surface area contributed by atoms with Crippen molar-refractivity contribution in [2.24, 2.45) is 10.9 Å². The van der Waals surface area contributed by atoms with Gasteiger partial charge in [0.1, 0.15) is 6.54 Å². The average molecular weight is 332 g/mol. The maximum absolute atomic E-state index is 11.9. The molecule has 0 bridgehead atoms. The number of hydrogen-bond donors (Lipinski definition) is 4. The molecule has 0 atom stereocenters. The molecule has 0 radical (unpaired) electrons. The van der Waals surface area contributed by atoms with Gasteiger partial charge in [-0.05, 0) is 31.9 Å². The lowest BCUT2D eigenvalue weighted by Gasteiger charge is -2.11. The van der Waals surface area contributed by atoms with E-state index in [4.69, 9.17) is 0 Å². The third kappa shape index (κ3) is 6.64.